The summed E-state index contributed by atoms with van der Waals surface area (Å²) >= 11 is 1.27. The van der Waals surface area contributed by atoms with Crippen LogP contribution >= 0.6 is 11.8 Å². The van der Waals surface area contributed by atoms with E-state index >= 15 is 0 Å². The van der Waals surface area contributed by atoms with Crippen molar-refractivity contribution in [3.05, 3.63) is 64.2 Å². The summed E-state index contributed by atoms with van der Waals surface area (Å²) in [7, 11) is 1.76. The smallest absolute Gasteiger partial charge is 0.270 e. The summed E-state index contributed by atoms with van der Waals surface area (Å²) in [5.41, 5.74) is 2.43. The number of amides is 1. The van der Waals surface area contributed by atoms with Crippen LogP contribution in [0.15, 0.2) is 53.7 Å². The molecule has 0 bridgehead atoms. The Morgan fingerprint density at radius 1 is 1.21 bits per heavy atom. The summed E-state index contributed by atoms with van der Waals surface area (Å²) in [5.74, 6) is 0.353. The first-order valence-corrected chi connectivity index (χ1v) is 9.41. The average molecular weight is 397 g/mol. The highest BCUT2D eigenvalue weighted by atomic mass is 32.2. The molecule has 1 aromatic heterocycles. The fourth-order valence-corrected chi connectivity index (χ4v) is 3.33. The van der Waals surface area contributed by atoms with Crippen LogP contribution in [-0.2, 0) is 11.8 Å². The molecule has 9 heteroatoms. The van der Waals surface area contributed by atoms with Crippen molar-refractivity contribution in [2.24, 2.45) is 7.05 Å². The number of aryl methyl sites for hydroxylation is 1. The third kappa shape index (κ3) is 4.37. The van der Waals surface area contributed by atoms with E-state index in [9.17, 15) is 14.9 Å². The van der Waals surface area contributed by atoms with Crippen LogP contribution in [0.4, 0.5) is 11.4 Å². The summed E-state index contributed by atoms with van der Waals surface area (Å²) in [6, 6.07) is 13.8. The molecule has 3 rings (SSSR count). The Morgan fingerprint density at radius 2 is 1.93 bits per heavy atom. The second-order valence-corrected chi connectivity index (χ2v) is 7.60. The normalized spacial score (nSPS) is 11.8. The second-order valence-electron chi connectivity index (χ2n) is 6.29. The number of anilines is 1. The Labute approximate surface area is 166 Å². The zero-order valence-electron chi connectivity index (χ0n) is 15.6. The summed E-state index contributed by atoms with van der Waals surface area (Å²) in [5, 5.41) is 22.3. The van der Waals surface area contributed by atoms with Crippen molar-refractivity contribution in [2.75, 3.05) is 5.32 Å². The van der Waals surface area contributed by atoms with Gasteiger partial charge in [0.25, 0.3) is 5.69 Å². The molecule has 3 aromatic rings. The number of non-ortho nitro benzene ring substituents is 1. The predicted molar refractivity (Wildman–Crippen MR) is 108 cm³/mol. The average Bonchev–Trinajstić information content (AvgIpc) is 3.04. The number of aromatic nitrogens is 3. The topological polar surface area (TPSA) is 103 Å². The summed E-state index contributed by atoms with van der Waals surface area (Å²) < 4.78 is 1.72. The molecule has 0 radical (unpaired) electrons. The van der Waals surface area contributed by atoms with E-state index in [4.69, 9.17) is 0 Å². The summed E-state index contributed by atoms with van der Waals surface area (Å²) in [6.07, 6.45) is 0. The lowest BCUT2D eigenvalue weighted by Gasteiger charge is -2.12. The number of rotatable bonds is 6. The first-order valence-electron chi connectivity index (χ1n) is 8.53. The molecule has 1 N–H and O–H groups in total. The SMILES string of the molecule is Cc1ccc(NC(=O)C(C)Sc2nnc(-c3cccc([N+](=O)[O-])c3)n2C)cc1. The number of nitrogens with zero attached hydrogens (tertiary/aromatic N) is 4. The Hall–Kier alpha value is -3.20. The minimum Gasteiger partial charge on any atom is -0.325 e. The quantitative estimate of drug-likeness (QED) is 0.385. The zero-order valence-corrected chi connectivity index (χ0v) is 16.4. The molecule has 0 aliphatic carbocycles. The fraction of sp³-hybridized carbons (Fsp3) is 0.211. The third-order valence-electron chi connectivity index (χ3n) is 4.12. The Kier molecular flexibility index (Phi) is 5.74. The van der Waals surface area contributed by atoms with E-state index in [1.54, 1.807) is 30.7 Å². The molecule has 0 saturated carbocycles. The molecule has 0 fully saturated rings. The maximum absolute atomic E-state index is 12.4. The van der Waals surface area contributed by atoms with Gasteiger partial charge in [0.05, 0.1) is 10.2 Å². The number of hydrogen-bond donors (Lipinski definition) is 1. The number of nitrogens with one attached hydrogen (secondary N) is 1. The van der Waals surface area contributed by atoms with Crippen LogP contribution in [0.2, 0.25) is 0 Å². The van der Waals surface area contributed by atoms with E-state index in [0.29, 0.717) is 16.5 Å². The molecule has 1 unspecified atom stereocenters. The third-order valence-corrected chi connectivity index (χ3v) is 5.25. The van der Waals surface area contributed by atoms with E-state index in [2.05, 4.69) is 15.5 Å². The summed E-state index contributed by atoms with van der Waals surface area (Å²) in [6.45, 7) is 3.77. The molecular weight excluding hydrogens is 378 g/mol. The molecule has 0 saturated heterocycles. The Balaban J connectivity index is 1.73. The van der Waals surface area contributed by atoms with Gasteiger partial charge in [-0.2, -0.15) is 0 Å². The maximum atomic E-state index is 12.4. The van der Waals surface area contributed by atoms with Crippen LogP contribution in [0.1, 0.15) is 12.5 Å². The summed E-state index contributed by atoms with van der Waals surface area (Å²) in [4.78, 5) is 23.0. The number of hydrogen-bond acceptors (Lipinski definition) is 6. The first-order chi connectivity index (χ1) is 13.3. The molecule has 0 spiro atoms. The van der Waals surface area contributed by atoms with Crippen LogP contribution < -0.4 is 5.32 Å². The fourth-order valence-electron chi connectivity index (χ4n) is 2.52. The van der Waals surface area contributed by atoms with Crippen molar-refractivity contribution in [1.29, 1.82) is 0 Å². The van der Waals surface area contributed by atoms with Crippen LogP contribution in [0, 0.1) is 17.0 Å². The monoisotopic (exact) mass is 397 g/mol. The number of thioether (sulfide) groups is 1. The van der Waals surface area contributed by atoms with E-state index in [-0.39, 0.29) is 11.6 Å². The molecule has 144 valence electrons. The van der Waals surface area contributed by atoms with Gasteiger partial charge in [-0.3, -0.25) is 14.9 Å². The van der Waals surface area contributed by atoms with Gasteiger partial charge in [-0.1, -0.05) is 41.6 Å². The molecule has 2 aromatic carbocycles. The first kappa shape index (κ1) is 19.6. The minimum absolute atomic E-state index is 0.0134. The highest BCUT2D eigenvalue weighted by Crippen LogP contribution is 2.28. The minimum atomic E-state index is -0.451. The highest BCUT2D eigenvalue weighted by molar-refractivity contribution is 8.00. The molecular formula is C19H19N5O3S. The highest BCUT2D eigenvalue weighted by Gasteiger charge is 2.20. The van der Waals surface area contributed by atoms with Gasteiger partial charge in [0.1, 0.15) is 0 Å². The van der Waals surface area contributed by atoms with Crippen molar-refractivity contribution >= 4 is 29.0 Å². The molecule has 0 aliphatic rings. The van der Waals surface area contributed by atoms with Gasteiger partial charge in [-0.05, 0) is 26.0 Å². The van der Waals surface area contributed by atoms with Crippen molar-refractivity contribution in [3.8, 4) is 11.4 Å². The number of carbonyl (C=O) groups is 1. The number of carbonyl (C=O) groups excluding carboxylic acids is 1. The zero-order chi connectivity index (χ0) is 20.3. The molecule has 28 heavy (non-hydrogen) atoms. The van der Waals surface area contributed by atoms with Crippen LogP contribution in [0.5, 0.6) is 0 Å². The van der Waals surface area contributed by atoms with Gasteiger partial charge in [0, 0.05) is 30.4 Å². The van der Waals surface area contributed by atoms with Gasteiger partial charge in [0.15, 0.2) is 11.0 Å². The van der Waals surface area contributed by atoms with E-state index in [1.165, 1.54) is 23.9 Å². The van der Waals surface area contributed by atoms with Gasteiger partial charge in [0.2, 0.25) is 5.91 Å². The van der Waals surface area contributed by atoms with Crippen molar-refractivity contribution < 1.29 is 9.72 Å². The Bertz CT molecular complexity index is 1020. The van der Waals surface area contributed by atoms with Crippen molar-refractivity contribution in [3.63, 3.8) is 0 Å². The lowest BCUT2D eigenvalue weighted by atomic mass is 10.2. The largest absolute Gasteiger partial charge is 0.325 e. The lowest BCUT2D eigenvalue weighted by Crippen LogP contribution is -2.22. The van der Waals surface area contributed by atoms with Gasteiger partial charge in [-0.15, -0.1) is 10.2 Å². The Morgan fingerprint density at radius 3 is 2.61 bits per heavy atom. The molecule has 1 heterocycles. The van der Waals surface area contributed by atoms with E-state index in [1.807, 2.05) is 31.2 Å². The van der Waals surface area contributed by atoms with Crippen LogP contribution in [0.3, 0.4) is 0 Å². The van der Waals surface area contributed by atoms with Gasteiger partial charge in [-0.25, -0.2) is 0 Å². The van der Waals surface area contributed by atoms with Crippen molar-refractivity contribution in [1.82, 2.24) is 14.8 Å². The number of nitro groups is 1. The van der Waals surface area contributed by atoms with E-state index < -0.39 is 10.2 Å². The second kappa shape index (κ2) is 8.22. The van der Waals surface area contributed by atoms with Gasteiger partial charge < -0.3 is 9.88 Å². The number of benzene rings is 2. The van der Waals surface area contributed by atoms with Gasteiger partial charge >= 0.3 is 0 Å². The van der Waals surface area contributed by atoms with E-state index in [0.717, 1.165) is 11.3 Å². The lowest BCUT2D eigenvalue weighted by molar-refractivity contribution is -0.384. The number of nitro benzene ring substituents is 1. The molecule has 8 nitrogen and oxygen atoms in total. The molecule has 1 atom stereocenters. The molecule has 0 aliphatic heterocycles. The maximum Gasteiger partial charge on any atom is 0.270 e. The standard InChI is InChI=1S/C19H19N5O3S/c1-12-7-9-15(10-8-12)20-18(25)13(2)28-19-22-21-17(23(19)3)14-5-4-6-16(11-14)24(26)27/h4-11,13H,1-3H3,(H,20,25). The van der Waals surface area contributed by atoms with Crippen LogP contribution in [0.25, 0.3) is 11.4 Å². The van der Waals surface area contributed by atoms with Crippen molar-refractivity contribution in [2.45, 2.75) is 24.3 Å². The molecule has 1 amide bonds. The predicted octanol–water partition coefficient (Wildman–Crippen LogP) is 3.82. The van der Waals surface area contributed by atoms with Crippen LogP contribution in [-0.4, -0.2) is 30.8 Å².